The summed E-state index contributed by atoms with van der Waals surface area (Å²) in [5.74, 6) is -0.0686. The number of halogens is 2. The molecule has 3 nitrogen and oxygen atoms in total. The van der Waals surface area contributed by atoms with E-state index in [0.717, 1.165) is 0 Å². The molecule has 0 saturated carbocycles. The van der Waals surface area contributed by atoms with E-state index >= 15 is 0 Å². The SMILES string of the molecule is O=C(CCc1ccccc1F)Nc1ccc(Cl)cn1. The Hall–Kier alpha value is -1.94. The molecule has 2 rings (SSSR count). The van der Waals surface area contributed by atoms with Crippen molar-refractivity contribution in [2.75, 3.05) is 5.32 Å². The lowest BCUT2D eigenvalue weighted by Crippen LogP contribution is -2.13. The van der Waals surface area contributed by atoms with Crippen molar-refractivity contribution in [3.8, 4) is 0 Å². The topological polar surface area (TPSA) is 42.0 Å². The van der Waals surface area contributed by atoms with Gasteiger partial charge in [0.15, 0.2) is 0 Å². The molecule has 0 bridgehead atoms. The van der Waals surface area contributed by atoms with Gasteiger partial charge in [-0.2, -0.15) is 0 Å². The summed E-state index contributed by atoms with van der Waals surface area (Å²) >= 11 is 5.69. The van der Waals surface area contributed by atoms with Gasteiger partial charge in [-0.3, -0.25) is 4.79 Å². The first-order valence-electron chi connectivity index (χ1n) is 5.80. The monoisotopic (exact) mass is 278 g/mol. The van der Waals surface area contributed by atoms with Crippen LogP contribution in [0.5, 0.6) is 0 Å². The Balaban J connectivity index is 1.88. The van der Waals surface area contributed by atoms with Crippen LogP contribution in [0.15, 0.2) is 42.6 Å². The largest absolute Gasteiger partial charge is 0.311 e. The van der Waals surface area contributed by atoms with Gasteiger partial charge in [0, 0.05) is 12.6 Å². The Kier molecular flexibility index (Phi) is 4.47. The zero-order valence-electron chi connectivity index (χ0n) is 10.1. The Morgan fingerprint density at radius 1 is 1.26 bits per heavy atom. The number of nitrogens with zero attached hydrogens (tertiary/aromatic N) is 1. The maximum atomic E-state index is 13.4. The Morgan fingerprint density at radius 2 is 2.05 bits per heavy atom. The van der Waals surface area contributed by atoms with Gasteiger partial charge in [0.1, 0.15) is 11.6 Å². The predicted octanol–water partition coefficient (Wildman–Crippen LogP) is 3.45. The second kappa shape index (κ2) is 6.29. The number of pyridine rings is 1. The minimum absolute atomic E-state index is 0.200. The summed E-state index contributed by atoms with van der Waals surface area (Å²) in [5, 5.41) is 3.13. The van der Waals surface area contributed by atoms with Crippen LogP contribution in [0.2, 0.25) is 5.02 Å². The number of hydrogen-bond donors (Lipinski definition) is 1. The molecule has 0 aliphatic carbocycles. The quantitative estimate of drug-likeness (QED) is 0.931. The van der Waals surface area contributed by atoms with Crippen LogP contribution in [0, 0.1) is 5.82 Å². The zero-order valence-corrected chi connectivity index (χ0v) is 10.8. The molecule has 1 amide bonds. The first-order valence-corrected chi connectivity index (χ1v) is 6.18. The molecule has 2 aromatic rings. The predicted molar refractivity (Wildman–Crippen MR) is 72.6 cm³/mol. The van der Waals surface area contributed by atoms with Gasteiger partial charge in [-0.15, -0.1) is 0 Å². The highest BCUT2D eigenvalue weighted by molar-refractivity contribution is 6.30. The maximum absolute atomic E-state index is 13.4. The molecule has 0 radical (unpaired) electrons. The molecule has 0 aliphatic heterocycles. The molecule has 5 heteroatoms. The van der Waals surface area contributed by atoms with E-state index in [1.807, 2.05) is 0 Å². The first-order chi connectivity index (χ1) is 9.15. The van der Waals surface area contributed by atoms with Crippen molar-refractivity contribution in [3.63, 3.8) is 0 Å². The van der Waals surface area contributed by atoms with Gasteiger partial charge in [-0.25, -0.2) is 9.37 Å². The molecule has 0 unspecified atom stereocenters. The number of anilines is 1. The molecule has 0 fully saturated rings. The maximum Gasteiger partial charge on any atom is 0.225 e. The number of carbonyl (C=O) groups is 1. The third kappa shape index (κ3) is 4.03. The van der Waals surface area contributed by atoms with E-state index < -0.39 is 0 Å². The number of hydrogen-bond acceptors (Lipinski definition) is 2. The van der Waals surface area contributed by atoms with Crippen LogP contribution < -0.4 is 5.32 Å². The minimum atomic E-state index is -0.292. The summed E-state index contributed by atoms with van der Waals surface area (Å²) < 4.78 is 13.4. The van der Waals surface area contributed by atoms with Crippen LogP contribution in [0.3, 0.4) is 0 Å². The molecule has 19 heavy (non-hydrogen) atoms. The van der Waals surface area contributed by atoms with Gasteiger partial charge in [-0.1, -0.05) is 29.8 Å². The van der Waals surface area contributed by atoms with Crippen LogP contribution >= 0.6 is 11.6 Å². The number of carbonyl (C=O) groups excluding carboxylic acids is 1. The van der Waals surface area contributed by atoms with Crippen LogP contribution in [0.25, 0.3) is 0 Å². The van der Waals surface area contributed by atoms with E-state index in [-0.39, 0.29) is 18.1 Å². The molecule has 0 aliphatic rings. The van der Waals surface area contributed by atoms with Gasteiger partial charge in [0.25, 0.3) is 0 Å². The van der Waals surface area contributed by atoms with Crippen molar-refractivity contribution in [2.45, 2.75) is 12.8 Å². The van der Waals surface area contributed by atoms with Crippen molar-refractivity contribution >= 4 is 23.3 Å². The van der Waals surface area contributed by atoms with E-state index in [9.17, 15) is 9.18 Å². The number of aryl methyl sites for hydroxylation is 1. The summed E-state index contributed by atoms with van der Waals surface area (Å²) in [6, 6.07) is 9.68. The number of aromatic nitrogens is 1. The zero-order chi connectivity index (χ0) is 13.7. The lowest BCUT2D eigenvalue weighted by atomic mass is 10.1. The van der Waals surface area contributed by atoms with Crippen molar-refractivity contribution in [2.24, 2.45) is 0 Å². The van der Waals surface area contributed by atoms with Crippen molar-refractivity contribution in [3.05, 3.63) is 59.0 Å². The molecule has 1 heterocycles. The van der Waals surface area contributed by atoms with Gasteiger partial charge in [0.05, 0.1) is 5.02 Å². The highest BCUT2D eigenvalue weighted by atomic mass is 35.5. The van der Waals surface area contributed by atoms with Crippen molar-refractivity contribution in [1.29, 1.82) is 0 Å². The molecular formula is C14H12ClFN2O. The van der Waals surface area contributed by atoms with Crippen LogP contribution in [0.4, 0.5) is 10.2 Å². The Bertz CT molecular complexity index is 572. The van der Waals surface area contributed by atoms with Gasteiger partial charge < -0.3 is 5.32 Å². The van der Waals surface area contributed by atoms with E-state index in [4.69, 9.17) is 11.6 Å². The van der Waals surface area contributed by atoms with Gasteiger partial charge >= 0.3 is 0 Å². The summed E-state index contributed by atoms with van der Waals surface area (Å²) in [6.45, 7) is 0. The second-order valence-corrected chi connectivity index (χ2v) is 4.44. The highest BCUT2D eigenvalue weighted by Gasteiger charge is 2.06. The molecule has 0 spiro atoms. The molecule has 98 valence electrons. The minimum Gasteiger partial charge on any atom is -0.311 e. The molecular weight excluding hydrogens is 267 g/mol. The summed E-state index contributed by atoms with van der Waals surface area (Å²) in [5.41, 5.74) is 0.529. The number of rotatable bonds is 4. The lowest BCUT2D eigenvalue weighted by Gasteiger charge is -2.05. The third-order valence-corrected chi connectivity index (χ3v) is 2.80. The Morgan fingerprint density at radius 3 is 2.74 bits per heavy atom. The standard InChI is InChI=1S/C14H12ClFN2O/c15-11-6-7-13(17-9-11)18-14(19)8-5-10-3-1-2-4-12(10)16/h1-4,6-7,9H,5,8H2,(H,17,18,19). The molecule has 0 atom stereocenters. The molecule has 0 saturated heterocycles. The smallest absolute Gasteiger partial charge is 0.225 e. The van der Waals surface area contributed by atoms with Gasteiger partial charge in [0.2, 0.25) is 5.91 Å². The summed E-state index contributed by atoms with van der Waals surface area (Å²) in [7, 11) is 0. The average Bonchev–Trinajstić information content (AvgIpc) is 2.40. The van der Waals surface area contributed by atoms with Crippen molar-refractivity contribution in [1.82, 2.24) is 4.98 Å². The number of benzene rings is 1. The fourth-order valence-corrected chi connectivity index (χ4v) is 1.72. The Labute approximate surface area is 115 Å². The van der Waals surface area contributed by atoms with Gasteiger partial charge in [-0.05, 0) is 30.2 Å². The van der Waals surface area contributed by atoms with Crippen molar-refractivity contribution < 1.29 is 9.18 Å². The van der Waals surface area contributed by atoms with E-state index in [1.165, 1.54) is 12.3 Å². The van der Waals surface area contributed by atoms with Crippen LogP contribution in [0.1, 0.15) is 12.0 Å². The second-order valence-electron chi connectivity index (χ2n) is 4.00. The summed E-state index contributed by atoms with van der Waals surface area (Å²) in [4.78, 5) is 15.6. The van der Waals surface area contributed by atoms with Crippen LogP contribution in [-0.4, -0.2) is 10.9 Å². The van der Waals surface area contributed by atoms with Crippen LogP contribution in [-0.2, 0) is 11.2 Å². The number of nitrogens with one attached hydrogen (secondary N) is 1. The highest BCUT2D eigenvalue weighted by Crippen LogP contribution is 2.11. The molecule has 1 aromatic carbocycles. The van der Waals surface area contributed by atoms with E-state index in [2.05, 4.69) is 10.3 Å². The third-order valence-electron chi connectivity index (χ3n) is 2.57. The first kappa shape index (κ1) is 13.5. The summed E-state index contributed by atoms with van der Waals surface area (Å²) in [6.07, 6.45) is 2.01. The van der Waals surface area contributed by atoms with E-state index in [1.54, 1.807) is 30.3 Å². The normalized spacial score (nSPS) is 10.2. The van der Waals surface area contributed by atoms with E-state index in [0.29, 0.717) is 22.8 Å². The fraction of sp³-hybridized carbons (Fsp3) is 0.143. The average molecular weight is 279 g/mol. The lowest BCUT2D eigenvalue weighted by molar-refractivity contribution is -0.116. The fourth-order valence-electron chi connectivity index (χ4n) is 1.60. The molecule has 1 N–H and O–H groups in total. The number of amides is 1. The molecule has 1 aromatic heterocycles.